The van der Waals surface area contributed by atoms with Gasteiger partial charge in [-0.05, 0) is 38.2 Å². The van der Waals surface area contributed by atoms with Gasteiger partial charge in [0.05, 0.1) is 12.1 Å². The summed E-state index contributed by atoms with van der Waals surface area (Å²) in [4.78, 5) is 70.3. The molecule has 0 radical (unpaired) electrons. The van der Waals surface area contributed by atoms with E-state index in [2.05, 4.69) is 25.9 Å². The number of hydrogen-bond donors (Lipinski definition) is 3. The molecular formula is C33H39N7O5S2. The fraction of sp³-hybridized carbons (Fsp3) is 0.485. The number of nitrogens with zero attached hydrogens (tertiary/aromatic N) is 4. The van der Waals surface area contributed by atoms with E-state index in [0.717, 1.165) is 18.4 Å². The Balaban J connectivity index is 1.37. The molecule has 1 saturated heterocycles. The van der Waals surface area contributed by atoms with Gasteiger partial charge in [-0.2, -0.15) is 0 Å². The maximum atomic E-state index is 14.2. The molecule has 0 spiro atoms. The molecule has 3 N–H and O–H groups in total. The van der Waals surface area contributed by atoms with Crippen LogP contribution in [0.4, 0.5) is 0 Å². The lowest BCUT2D eigenvalue weighted by Gasteiger charge is -2.29. The van der Waals surface area contributed by atoms with Crippen LogP contribution in [-0.4, -0.2) is 75.2 Å². The highest BCUT2D eigenvalue weighted by atomic mass is 32.1. The summed E-state index contributed by atoms with van der Waals surface area (Å²) in [5.74, 6) is -1.04. The number of aliphatic imine (C=N–C) groups is 1. The Morgan fingerprint density at radius 2 is 1.64 bits per heavy atom. The normalized spacial score (nSPS) is 27.5. The third-order valence-corrected chi connectivity index (χ3v) is 11.0. The fourth-order valence-electron chi connectivity index (χ4n) is 6.11. The van der Waals surface area contributed by atoms with Crippen LogP contribution in [0.2, 0.25) is 0 Å². The van der Waals surface area contributed by atoms with E-state index >= 15 is 0 Å². The summed E-state index contributed by atoms with van der Waals surface area (Å²) in [6, 6.07) is 6.43. The van der Waals surface area contributed by atoms with Crippen molar-refractivity contribution in [1.82, 2.24) is 30.8 Å². The number of carbonyl (C=O) groups is 4. The van der Waals surface area contributed by atoms with Gasteiger partial charge in [0.2, 0.25) is 17.7 Å². The van der Waals surface area contributed by atoms with E-state index in [1.807, 2.05) is 44.2 Å². The van der Waals surface area contributed by atoms with Crippen molar-refractivity contribution in [2.75, 3.05) is 6.54 Å². The zero-order chi connectivity index (χ0) is 33.2. The molecule has 1 aromatic carbocycles. The number of amides is 4. The molecule has 12 nitrogen and oxygen atoms in total. The van der Waals surface area contributed by atoms with Gasteiger partial charge in [-0.25, -0.2) is 15.0 Å². The average molecular weight is 678 g/mol. The van der Waals surface area contributed by atoms with Crippen molar-refractivity contribution >= 4 is 52.2 Å². The lowest BCUT2D eigenvalue weighted by atomic mass is 9.99. The lowest BCUT2D eigenvalue weighted by molar-refractivity contribution is -0.133. The molecule has 4 amide bonds. The van der Waals surface area contributed by atoms with E-state index < -0.39 is 42.2 Å². The largest absolute Gasteiger partial charge is 0.474 e. The highest BCUT2D eigenvalue weighted by molar-refractivity contribution is 7.10. The summed E-state index contributed by atoms with van der Waals surface area (Å²) in [6.07, 6.45) is 1.87. The van der Waals surface area contributed by atoms with Crippen molar-refractivity contribution in [2.45, 2.75) is 89.7 Å². The van der Waals surface area contributed by atoms with Crippen LogP contribution in [0.3, 0.4) is 0 Å². The van der Waals surface area contributed by atoms with Gasteiger partial charge >= 0.3 is 0 Å². The zero-order valence-electron chi connectivity index (χ0n) is 26.8. The van der Waals surface area contributed by atoms with E-state index in [-0.39, 0.29) is 41.4 Å². The molecule has 3 aliphatic heterocycles. The van der Waals surface area contributed by atoms with Gasteiger partial charge in [-0.15, -0.1) is 22.7 Å². The van der Waals surface area contributed by atoms with E-state index in [1.54, 1.807) is 29.5 Å². The van der Waals surface area contributed by atoms with Crippen molar-refractivity contribution in [3.8, 4) is 0 Å². The highest BCUT2D eigenvalue weighted by Gasteiger charge is 2.43. The summed E-state index contributed by atoms with van der Waals surface area (Å²) >= 11 is 2.57. The molecule has 3 aliphatic rings. The zero-order valence-corrected chi connectivity index (χ0v) is 28.4. The number of hydrogen-bond acceptors (Lipinski definition) is 10. The van der Waals surface area contributed by atoms with Crippen molar-refractivity contribution < 1.29 is 23.9 Å². The molecule has 0 aliphatic carbocycles. The van der Waals surface area contributed by atoms with E-state index in [9.17, 15) is 19.2 Å². The van der Waals surface area contributed by atoms with Crippen LogP contribution in [0.5, 0.6) is 0 Å². The first-order valence-electron chi connectivity index (χ1n) is 16.0. The molecular weight excluding hydrogens is 639 g/mol. The topological polar surface area (TPSA) is 155 Å². The Morgan fingerprint density at radius 3 is 2.36 bits per heavy atom. The van der Waals surface area contributed by atoms with Gasteiger partial charge < -0.3 is 25.6 Å². The minimum atomic E-state index is -0.879. The van der Waals surface area contributed by atoms with Gasteiger partial charge in [0.1, 0.15) is 39.6 Å². The van der Waals surface area contributed by atoms with Crippen LogP contribution in [0.1, 0.15) is 95.6 Å². The molecule has 14 heteroatoms. The lowest BCUT2D eigenvalue weighted by Crippen LogP contribution is -2.52. The summed E-state index contributed by atoms with van der Waals surface area (Å²) in [5, 5.41) is 13.5. The second-order valence-corrected chi connectivity index (χ2v) is 14.1. The third kappa shape index (κ3) is 6.93. The van der Waals surface area contributed by atoms with Gasteiger partial charge in [-0.3, -0.25) is 19.2 Å². The Bertz CT molecular complexity index is 1670. The number of ether oxygens (including phenoxy) is 1. The van der Waals surface area contributed by atoms with E-state index in [4.69, 9.17) is 9.73 Å². The summed E-state index contributed by atoms with van der Waals surface area (Å²) in [7, 11) is 0. The number of thiazole rings is 2. The van der Waals surface area contributed by atoms with Crippen LogP contribution in [0.15, 0.2) is 46.1 Å². The van der Waals surface area contributed by atoms with Gasteiger partial charge in [0, 0.05) is 23.7 Å². The Hall–Kier alpha value is -4.17. The second kappa shape index (κ2) is 13.9. The molecule has 1 unspecified atom stereocenters. The molecule has 7 atom stereocenters. The van der Waals surface area contributed by atoms with Crippen LogP contribution in [0.25, 0.3) is 0 Å². The van der Waals surface area contributed by atoms with Crippen molar-refractivity contribution in [3.63, 3.8) is 0 Å². The first kappa shape index (κ1) is 32.8. The number of benzene rings is 1. The van der Waals surface area contributed by atoms with Crippen molar-refractivity contribution in [2.24, 2.45) is 10.9 Å². The minimum Gasteiger partial charge on any atom is -0.474 e. The minimum absolute atomic E-state index is 0.0332. The quantitative estimate of drug-likeness (QED) is 0.379. The summed E-state index contributed by atoms with van der Waals surface area (Å²) in [6.45, 7) is 8.13. The molecule has 3 aromatic rings. The predicted molar refractivity (Wildman–Crippen MR) is 178 cm³/mol. The molecule has 1 fully saturated rings. The van der Waals surface area contributed by atoms with Gasteiger partial charge in [0.15, 0.2) is 6.04 Å². The average Bonchev–Trinajstić information content (AvgIpc) is 3.89. The fourth-order valence-corrected chi connectivity index (χ4v) is 7.90. The Kier molecular flexibility index (Phi) is 9.69. The Morgan fingerprint density at radius 1 is 0.957 bits per heavy atom. The van der Waals surface area contributed by atoms with Crippen molar-refractivity contribution in [1.29, 1.82) is 0 Å². The molecule has 5 heterocycles. The highest BCUT2D eigenvalue weighted by Crippen LogP contribution is 2.30. The molecule has 47 heavy (non-hydrogen) atoms. The molecule has 6 bridgehead atoms. The summed E-state index contributed by atoms with van der Waals surface area (Å²) in [5.41, 5.74) is 1.29. The number of rotatable bonds is 4. The molecule has 2 aromatic heterocycles. The van der Waals surface area contributed by atoms with Crippen LogP contribution >= 0.6 is 22.7 Å². The van der Waals surface area contributed by atoms with Crippen LogP contribution in [-0.2, 0) is 20.7 Å². The summed E-state index contributed by atoms with van der Waals surface area (Å²) < 4.78 is 6.17. The van der Waals surface area contributed by atoms with Crippen LogP contribution < -0.4 is 16.0 Å². The second-order valence-electron chi connectivity index (χ2n) is 12.3. The van der Waals surface area contributed by atoms with Gasteiger partial charge in [-0.1, -0.05) is 50.6 Å². The Labute approximate surface area is 281 Å². The predicted octanol–water partition coefficient (Wildman–Crippen LogP) is 3.83. The maximum Gasteiger partial charge on any atom is 0.271 e. The number of nitrogens with one attached hydrogen (secondary N) is 3. The molecule has 0 saturated carbocycles. The SMILES string of the molecule is CC[C@H](C)C1NC(=O)[C@H]2N=C(O[C@@H]2C)[C@@H]2CCCN2C(=O)[C@H](Cc2ccccc2)NC(=O)c2csc(n2)[C@@H](C)NC(=O)c2csc1n2. The number of aromatic nitrogens is 2. The standard InChI is InChI=1S/C33H39N7O5S2/c1-5-17(2)25-32-37-22(16-47-32)27(41)34-18(3)31-36-23(15-46-31)28(42)35-21(14-20-10-7-6-8-11-20)33(44)40-13-9-12-24(40)30-39-26(19(4)45-30)29(43)38-25/h6-8,10-11,15-19,21,24-26H,5,9,12-14H2,1-4H3,(H,34,41)(H,35,42)(H,38,43)/t17-,18+,19+,21-,24-,25?,26-/m0/s1. The monoisotopic (exact) mass is 677 g/mol. The van der Waals surface area contributed by atoms with E-state index in [1.165, 1.54) is 22.7 Å². The van der Waals surface area contributed by atoms with Crippen LogP contribution in [0, 0.1) is 5.92 Å². The van der Waals surface area contributed by atoms with E-state index in [0.29, 0.717) is 28.9 Å². The van der Waals surface area contributed by atoms with Crippen molar-refractivity contribution in [3.05, 3.63) is 68.1 Å². The van der Waals surface area contributed by atoms with Gasteiger partial charge in [0.25, 0.3) is 11.8 Å². The maximum absolute atomic E-state index is 14.2. The molecule has 248 valence electrons. The molecule has 6 rings (SSSR count). The third-order valence-electron chi connectivity index (χ3n) is 9.00. The number of carbonyl (C=O) groups excluding carboxylic acids is 4. The smallest absolute Gasteiger partial charge is 0.271 e. The number of fused-ring (bicyclic) bond motifs is 7. The first-order chi connectivity index (χ1) is 22.6. The first-order valence-corrected chi connectivity index (χ1v) is 17.8.